The number of nitrogens with one attached hydrogen (secondary N) is 1. The van der Waals surface area contributed by atoms with Crippen molar-refractivity contribution in [1.29, 1.82) is 0 Å². The Hall–Kier alpha value is -0.610. The van der Waals surface area contributed by atoms with Crippen LogP contribution in [0.15, 0.2) is 0 Å². The minimum Gasteiger partial charge on any atom is -0.300 e. The van der Waals surface area contributed by atoms with Crippen LogP contribution in [0.1, 0.15) is 40.0 Å². The molecule has 0 aromatic carbocycles. The molecule has 1 saturated heterocycles. The number of hydrogen-bond donors (Lipinski definition) is 2. The second-order valence-electron chi connectivity index (χ2n) is 5.36. The first-order chi connectivity index (χ1) is 7.52. The van der Waals surface area contributed by atoms with Crippen LogP contribution in [0, 0.1) is 11.8 Å². The van der Waals surface area contributed by atoms with E-state index < -0.39 is 0 Å². The molecule has 1 heterocycles. The molecule has 0 aromatic heterocycles. The van der Waals surface area contributed by atoms with E-state index in [1.165, 1.54) is 6.42 Å². The van der Waals surface area contributed by atoms with Crippen LogP contribution in [0.4, 0.5) is 0 Å². The van der Waals surface area contributed by atoms with E-state index >= 15 is 0 Å². The molecular formula is C12H25N3O. The van der Waals surface area contributed by atoms with Crippen molar-refractivity contribution in [1.82, 2.24) is 10.3 Å². The molecule has 1 aliphatic rings. The van der Waals surface area contributed by atoms with Gasteiger partial charge in [-0.05, 0) is 31.6 Å². The van der Waals surface area contributed by atoms with Crippen LogP contribution in [-0.2, 0) is 4.79 Å². The van der Waals surface area contributed by atoms with Crippen LogP contribution in [0.5, 0.6) is 0 Å². The lowest BCUT2D eigenvalue weighted by atomic mass is 9.90. The number of nitrogens with two attached hydrogens (primary N) is 1. The molecule has 4 nitrogen and oxygen atoms in total. The number of carbonyl (C=O) groups excluding carboxylic acids is 1. The summed E-state index contributed by atoms with van der Waals surface area (Å²) in [5.41, 5.74) is 2.18. The lowest BCUT2D eigenvalue weighted by Crippen LogP contribution is -2.44. The Morgan fingerprint density at radius 1 is 1.44 bits per heavy atom. The smallest absolute Gasteiger partial charge is 0.233 e. The molecule has 0 aromatic rings. The number of likely N-dealkylation sites (tertiary alicyclic amines) is 1. The average molecular weight is 227 g/mol. The summed E-state index contributed by atoms with van der Waals surface area (Å²) in [5.74, 6) is 6.55. The van der Waals surface area contributed by atoms with Crippen LogP contribution in [0.25, 0.3) is 0 Å². The molecule has 3 atom stereocenters. The normalized spacial score (nSPS) is 28.8. The van der Waals surface area contributed by atoms with E-state index in [-0.39, 0.29) is 5.91 Å². The summed E-state index contributed by atoms with van der Waals surface area (Å²) in [5, 5.41) is 0. The zero-order chi connectivity index (χ0) is 12.1. The highest BCUT2D eigenvalue weighted by atomic mass is 16.2. The standard InChI is InChI=1S/C12H25N3O/c1-9-6-10(2)8-15(7-9)11(3)4-5-12(16)14-13/h9-11H,4-8,13H2,1-3H3,(H,14,16). The molecule has 1 rings (SSSR count). The third-order valence-corrected chi connectivity index (χ3v) is 3.47. The second-order valence-corrected chi connectivity index (χ2v) is 5.36. The first-order valence-corrected chi connectivity index (χ1v) is 6.26. The maximum atomic E-state index is 11.1. The molecule has 0 saturated carbocycles. The van der Waals surface area contributed by atoms with Gasteiger partial charge in [-0.25, -0.2) is 5.84 Å². The van der Waals surface area contributed by atoms with Crippen molar-refractivity contribution in [2.24, 2.45) is 17.7 Å². The molecule has 1 amide bonds. The SMILES string of the molecule is CC1CC(C)CN(C(C)CCC(=O)NN)C1. The molecule has 4 heteroatoms. The largest absolute Gasteiger partial charge is 0.300 e. The van der Waals surface area contributed by atoms with E-state index in [1.54, 1.807) is 0 Å². The molecule has 3 N–H and O–H groups in total. The molecule has 1 fully saturated rings. The van der Waals surface area contributed by atoms with Crippen LogP contribution in [-0.4, -0.2) is 29.9 Å². The summed E-state index contributed by atoms with van der Waals surface area (Å²) in [4.78, 5) is 13.6. The van der Waals surface area contributed by atoms with Crippen molar-refractivity contribution in [3.8, 4) is 0 Å². The highest BCUT2D eigenvalue weighted by Crippen LogP contribution is 2.23. The molecule has 0 spiro atoms. The van der Waals surface area contributed by atoms with Crippen molar-refractivity contribution in [2.45, 2.75) is 46.1 Å². The molecular weight excluding hydrogens is 202 g/mol. The van der Waals surface area contributed by atoms with E-state index in [0.717, 1.165) is 31.3 Å². The number of carbonyl (C=O) groups is 1. The molecule has 0 bridgehead atoms. The molecule has 1 aliphatic heterocycles. The Bertz CT molecular complexity index is 222. The summed E-state index contributed by atoms with van der Waals surface area (Å²) in [6.07, 6.45) is 2.74. The Morgan fingerprint density at radius 3 is 2.50 bits per heavy atom. The summed E-state index contributed by atoms with van der Waals surface area (Å²) in [7, 11) is 0. The van der Waals surface area contributed by atoms with Gasteiger partial charge in [0.1, 0.15) is 0 Å². The monoisotopic (exact) mass is 227 g/mol. The van der Waals surface area contributed by atoms with Crippen molar-refractivity contribution in [2.75, 3.05) is 13.1 Å². The van der Waals surface area contributed by atoms with Crippen molar-refractivity contribution in [3.63, 3.8) is 0 Å². The van der Waals surface area contributed by atoms with Crippen LogP contribution in [0.2, 0.25) is 0 Å². The summed E-state index contributed by atoms with van der Waals surface area (Å²) in [6.45, 7) is 9.14. The van der Waals surface area contributed by atoms with Crippen LogP contribution in [0.3, 0.4) is 0 Å². The summed E-state index contributed by atoms with van der Waals surface area (Å²) < 4.78 is 0. The maximum absolute atomic E-state index is 11.1. The number of amides is 1. The first-order valence-electron chi connectivity index (χ1n) is 6.26. The number of hydrazine groups is 1. The Morgan fingerprint density at radius 2 is 2.00 bits per heavy atom. The lowest BCUT2D eigenvalue weighted by molar-refractivity contribution is -0.121. The predicted octanol–water partition coefficient (Wildman–Crippen LogP) is 1.12. The Balaban J connectivity index is 2.35. The molecule has 3 unspecified atom stereocenters. The number of piperidine rings is 1. The number of nitrogens with zero attached hydrogens (tertiary/aromatic N) is 1. The zero-order valence-corrected chi connectivity index (χ0v) is 10.7. The van der Waals surface area contributed by atoms with Gasteiger partial charge in [0.05, 0.1) is 0 Å². The topological polar surface area (TPSA) is 58.4 Å². The fourth-order valence-electron chi connectivity index (χ4n) is 2.67. The van der Waals surface area contributed by atoms with E-state index in [1.807, 2.05) is 0 Å². The summed E-state index contributed by atoms with van der Waals surface area (Å²) >= 11 is 0. The van der Waals surface area contributed by atoms with E-state index in [0.29, 0.717) is 12.5 Å². The van der Waals surface area contributed by atoms with Gasteiger partial charge < -0.3 is 4.90 Å². The fraction of sp³-hybridized carbons (Fsp3) is 0.917. The van der Waals surface area contributed by atoms with Gasteiger partial charge in [-0.15, -0.1) is 0 Å². The average Bonchev–Trinajstić information content (AvgIpc) is 2.23. The maximum Gasteiger partial charge on any atom is 0.233 e. The van der Waals surface area contributed by atoms with Gasteiger partial charge in [-0.1, -0.05) is 13.8 Å². The van der Waals surface area contributed by atoms with Crippen molar-refractivity contribution < 1.29 is 4.79 Å². The Labute approximate surface area is 98.5 Å². The lowest BCUT2D eigenvalue weighted by Gasteiger charge is -2.38. The van der Waals surface area contributed by atoms with Gasteiger partial charge in [-0.3, -0.25) is 10.2 Å². The highest BCUT2D eigenvalue weighted by molar-refractivity contribution is 5.75. The predicted molar refractivity (Wildman–Crippen MR) is 65.5 cm³/mol. The molecule has 0 aliphatic carbocycles. The minimum atomic E-state index is -0.0649. The van der Waals surface area contributed by atoms with Gasteiger partial charge in [0.2, 0.25) is 5.91 Å². The fourth-order valence-corrected chi connectivity index (χ4v) is 2.67. The van der Waals surface area contributed by atoms with Gasteiger partial charge in [-0.2, -0.15) is 0 Å². The molecule has 16 heavy (non-hydrogen) atoms. The van der Waals surface area contributed by atoms with Crippen molar-refractivity contribution >= 4 is 5.91 Å². The van der Waals surface area contributed by atoms with Crippen LogP contribution >= 0.6 is 0 Å². The van der Waals surface area contributed by atoms with E-state index in [2.05, 4.69) is 31.1 Å². The van der Waals surface area contributed by atoms with E-state index in [4.69, 9.17) is 5.84 Å². The van der Waals surface area contributed by atoms with E-state index in [9.17, 15) is 4.79 Å². The Kier molecular flexibility index (Phi) is 5.22. The third kappa shape index (κ3) is 4.10. The minimum absolute atomic E-state index is 0.0649. The number of hydrogen-bond acceptors (Lipinski definition) is 3. The molecule has 94 valence electrons. The second kappa shape index (κ2) is 6.21. The quantitative estimate of drug-likeness (QED) is 0.430. The van der Waals surface area contributed by atoms with Crippen molar-refractivity contribution in [3.05, 3.63) is 0 Å². The molecule has 0 radical (unpaired) electrons. The van der Waals surface area contributed by atoms with Gasteiger partial charge in [0.15, 0.2) is 0 Å². The van der Waals surface area contributed by atoms with Gasteiger partial charge in [0.25, 0.3) is 0 Å². The van der Waals surface area contributed by atoms with Gasteiger partial charge in [0, 0.05) is 25.6 Å². The first kappa shape index (κ1) is 13.5. The summed E-state index contributed by atoms with van der Waals surface area (Å²) in [6, 6.07) is 0.475. The van der Waals surface area contributed by atoms with Crippen LogP contribution < -0.4 is 11.3 Å². The van der Waals surface area contributed by atoms with Gasteiger partial charge >= 0.3 is 0 Å². The zero-order valence-electron chi connectivity index (χ0n) is 10.7. The third-order valence-electron chi connectivity index (χ3n) is 3.47. The highest BCUT2D eigenvalue weighted by Gasteiger charge is 2.25. The number of rotatable bonds is 4.